The van der Waals surface area contributed by atoms with Crippen molar-refractivity contribution in [2.24, 2.45) is 0 Å². The third kappa shape index (κ3) is 11.1. The van der Waals surface area contributed by atoms with E-state index < -0.39 is 23.3 Å². The van der Waals surface area contributed by atoms with Crippen molar-refractivity contribution in [1.82, 2.24) is 9.47 Å². The zero-order valence-electron chi connectivity index (χ0n) is 41.0. The second-order valence-corrected chi connectivity index (χ2v) is 24.7. The van der Waals surface area contributed by atoms with Crippen LogP contribution in [0.5, 0.6) is 0 Å². The van der Waals surface area contributed by atoms with Gasteiger partial charge in [-0.1, -0.05) is 54.1 Å². The molecule has 3 N–H and O–H groups in total. The number of sulfone groups is 1. The van der Waals surface area contributed by atoms with E-state index in [9.17, 15) is 28.0 Å². The number of benzene rings is 5. The summed E-state index contributed by atoms with van der Waals surface area (Å²) in [6.45, 7) is 11.4. The van der Waals surface area contributed by atoms with Gasteiger partial charge in [0, 0.05) is 109 Å². The minimum Gasteiger partial charge on any atom is -0.478 e. The van der Waals surface area contributed by atoms with Gasteiger partial charge in [0.05, 0.1) is 38.9 Å². The normalized spacial score (nSPS) is 18.2. The van der Waals surface area contributed by atoms with Crippen molar-refractivity contribution < 1.29 is 32.5 Å². The predicted molar refractivity (Wildman–Crippen MR) is 294 cm³/mol. The van der Waals surface area contributed by atoms with Crippen LogP contribution in [0.15, 0.2) is 144 Å². The van der Waals surface area contributed by atoms with Crippen LogP contribution in [-0.4, -0.2) is 104 Å². The SMILES string of the molecule is Cc1c(C(=O)O)c(-c2cccc(N3CCN(c4ccc(N5C=COP5(=O)c5ccc(NC(CCN6CCC(O)CC6)CSc6ccccc6)c(S(C)(=O)=O)c5)cc4)CC3)c2)c(-c2ccc(Cl)cc2)n1C(C)C. The number of hydrogen-bond donors (Lipinski definition) is 3. The van der Waals surface area contributed by atoms with Crippen LogP contribution < -0.4 is 25.1 Å². The number of hydrogen-bond acceptors (Lipinski definition) is 11. The van der Waals surface area contributed by atoms with Crippen molar-refractivity contribution in [2.45, 2.75) is 68.0 Å². The summed E-state index contributed by atoms with van der Waals surface area (Å²) >= 11 is 7.99. The van der Waals surface area contributed by atoms with Crippen LogP contribution >= 0.6 is 30.9 Å². The van der Waals surface area contributed by atoms with Crippen molar-refractivity contribution in [3.8, 4) is 22.4 Å². The van der Waals surface area contributed by atoms with Crippen molar-refractivity contribution >= 4 is 74.7 Å². The molecule has 3 aliphatic heterocycles. The van der Waals surface area contributed by atoms with Crippen LogP contribution in [0.3, 0.4) is 0 Å². The van der Waals surface area contributed by atoms with Crippen LogP contribution in [0.1, 0.15) is 55.2 Å². The largest absolute Gasteiger partial charge is 0.478 e. The fourth-order valence-electron chi connectivity index (χ4n) is 10.1. The molecule has 5 aromatic carbocycles. The molecular formula is C55H62ClN6O7PS2. The standard InChI is InChI=1S/C55H62ClN6O7PS2/c1-38(2)62-39(3)52(55(64)65)53(54(62)40-13-15-42(56)16-14-40)41-9-8-10-46(35-41)60-31-29-59(30-32-60)44-17-19-45(20-18-44)61-33-34-69-70(61,66)48-21-22-50(51(36-48)72(4,67)68)57-43(37-71-49-11-6-5-7-12-49)23-26-58-27-24-47(63)25-28-58/h5-22,33-36,38,43,47,57,63H,23-32,37H2,1-4H3,(H,64,65). The van der Waals surface area contributed by atoms with E-state index in [1.165, 1.54) is 18.6 Å². The van der Waals surface area contributed by atoms with Gasteiger partial charge in [-0.3, -0.25) is 4.67 Å². The first-order chi connectivity index (χ1) is 34.6. The lowest BCUT2D eigenvalue weighted by atomic mass is 9.96. The number of aliphatic hydroxyl groups excluding tert-OH is 1. The molecule has 2 unspecified atom stereocenters. The summed E-state index contributed by atoms with van der Waals surface area (Å²) < 4.78 is 51.5. The average molecular weight is 1050 g/mol. The number of thioether (sulfide) groups is 1. The number of anilines is 4. The van der Waals surface area contributed by atoms with Crippen LogP contribution in [0.25, 0.3) is 22.4 Å². The first-order valence-electron chi connectivity index (χ1n) is 24.5. The van der Waals surface area contributed by atoms with Gasteiger partial charge in [-0.15, -0.1) is 11.8 Å². The minimum atomic E-state index is -3.81. The average Bonchev–Trinajstić information content (AvgIpc) is 3.93. The Morgan fingerprint density at radius 3 is 2.15 bits per heavy atom. The fourth-order valence-corrected chi connectivity index (χ4v) is 14.1. The highest BCUT2D eigenvalue weighted by molar-refractivity contribution is 7.99. The molecule has 4 heterocycles. The predicted octanol–water partition coefficient (Wildman–Crippen LogP) is 11.0. The molecule has 3 aliphatic rings. The molecule has 1 aromatic heterocycles. The summed E-state index contributed by atoms with van der Waals surface area (Å²) in [6.07, 6.45) is 6.18. The molecule has 0 amide bonds. The lowest BCUT2D eigenvalue weighted by Crippen LogP contribution is -2.46. The van der Waals surface area contributed by atoms with E-state index in [0.29, 0.717) is 33.4 Å². The van der Waals surface area contributed by atoms with Crippen LogP contribution in [0, 0.1) is 6.92 Å². The molecule has 378 valence electrons. The number of rotatable bonds is 17. The lowest BCUT2D eigenvalue weighted by Gasteiger charge is -2.37. The number of aromatic carboxylic acids is 1. The second-order valence-electron chi connectivity index (χ2n) is 19.0. The number of piperazine rings is 1. The molecule has 0 spiro atoms. The van der Waals surface area contributed by atoms with Gasteiger partial charge >= 0.3 is 13.5 Å². The Bertz CT molecular complexity index is 3080. The quantitative estimate of drug-likeness (QED) is 0.0588. The van der Waals surface area contributed by atoms with E-state index in [0.717, 1.165) is 98.2 Å². The maximum absolute atomic E-state index is 14.9. The Kier molecular flexibility index (Phi) is 15.5. The number of nitrogens with one attached hydrogen (secondary N) is 1. The van der Waals surface area contributed by atoms with Gasteiger partial charge in [-0.2, -0.15) is 0 Å². The van der Waals surface area contributed by atoms with Crippen LogP contribution in [0.4, 0.5) is 22.7 Å². The Morgan fingerprint density at radius 1 is 0.833 bits per heavy atom. The minimum absolute atomic E-state index is 0.0140. The fraction of sp³-hybridized carbons (Fsp3) is 0.327. The third-order valence-corrected chi connectivity index (χ3v) is 18.7. The van der Waals surface area contributed by atoms with Gasteiger partial charge in [0.2, 0.25) is 0 Å². The summed E-state index contributed by atoms with van der Waals surface area (Å²) in [4.78, 5) is 21.1. The van der Waals surface area contributed by atoms with Gasteiger partial charge in [0.25, 0.3) is 0 Å². The number of carboxylic acids is 1. The van der Waals surface area contributed by atoms with Gasteiger partial charge < -0.3 is 39.3 Å². The van der Waals surface area contributed by atoms with Crippen molar-refractivity contribution in [3.63, 3.8) is 0 Å². The van der Waals surface area contributed by atoms with E-state index in [4.69, 9.17) is 16.1 Å². The van der Waals surface area contributed by atoms with Gasteiger partial charge in [-0.05, 0) is 130 Å². The molecule has 6 aromatic rings. The summed E-state index contributed by atoms with van der Waals surface area (Å²) in [7, 11) is -7.59. The van der Waals surface area contributed by atoms with E-state index in [-0.39, 0.29) is 34.0 Å². The van der Waals surface area contributed by atoms with Crippen LogP contribution in [-0.2, 0) is 18.9 Å². The maximum Gasteiger partial charge on any atom is 0.377 e. The molecule has 2 saturated heterocycles. The molecular weight excluding hydrogens is 987 g/mol. The molecule has 0 saturated carbocycles. The van der Waals surface area contributed by atoms with Gasteiger partial charge in [0.15, 0.2) is 9.84 Å². The number of carboxylic acid groups (broad SMARTS) is 1. The smallest absolute Gasteiger partial charge is 0.377 e. The molecule has 0 bridgehead atoms. The highest BCUT2D eigenvalue weighted by Crippen LogP contribution is 2.56. The van der Waals surface area contributed by atoms with E-state index in [1.54, 1.807) is 34.8 Å². The monoisotopic (exact) mass is 1050 g/mol. The summed E-state index contributed by atoms with van der Waals surface area (Å²) in [5, 5.41) is 25.1. The summed E-state index contributed by atoms with van der Waals surface area (Å²) in [6, 6.07) is 38.5. The van der Waals surface area contributed by atoms with Crippen molar-refractivity contribution in [1.29, 1.82) is 0 Å². The Balaban J connectivity index is 0.897. The molecule has 2 atom stereocenters. The number of aromatic nitrogens is 1. The molecule has 72 heavy (non-hydrogen) atoms. The Labute approximate surface area is 432 Å². The van der Waals surface area contributed by atoms with Crippen LogP contribution in [0.2, 0.25) is 5.02 Å². The zero-order chi connectivity index (χ0) is 50.7. The lowest BCUT2D eigenvalue weighted by molar-refractivity contribution is 0.0696. The molecule has 0 aliphatic carbocycles. The summed E-state index contributed by atoms with van der Waals surface area (Å²) in [5.41, 5.74) is 7.33. The van der Waals surface area contributed by atoms with E-state index in [2.05, 4.69) is 62.7 Å². The number of carbonyl (C=O) groups is 1. The summed E-state index contributed by atoms with van der Waals surface area (Å²) in [5.74, 6) is -0.273. The van der Waals surface area contributed by atoms with Crippen molar-refractivity contribution in [2.75, 3.05) is 77.6 Å². The maximum atomic E-state index is 14.9. The third-order valence-electron chi connectivity index (χ3n) is 13.8. The molecule has 13 nitrogen and oxygen atoms in total. The first-order valence-corrected chi connectivity index (χ1v) is 29.3. The molecule has 2 fully saturated rings. The highest BCUT2D eigenvalue weighted by Gasteiger charge is 2.39. The van der Waals surface area contributed by atoms with E-state index in [1.807, 2.05) is 85.8 Å². The highest BCUT2D eigenvalue weighted by atomic mass is 35.5. The number of halogens is 1. The molecule has 17 heteroatoms. The van der Waals surface area contributed by atoms with Gasteiger partial charge in [-0.25, -0.2) is 17.8 Å². The zero-order valence-corrected chi connectivity index (χ0v) is 44.3. The topological polar surface area (TPSA) is 148 Å². The number of nitrogens with zero attached hydrogens (tertiary/aromatic N) is 5. The number of piperidine rings is 1. The molecule has 0 radical (unpaired) electrons. The Morgan fingerprint density at radius 2 is 1.50 bits per heavy atom. The van der Waals surface area contributed by atoms with E-state index >= 15 is 0 Å². The Hall–Kier alpha value is -5.67. The molecule has 9 rings (SSSR count). The number of likely N-dealkylation sites (tertiary alicyclic amines) is 1. The second kappa shape index (κ2) is 21.8. The van der Waals surface area contributed by atoms with Gasteiger partial charge in [0.1, 0.15) is 6.26 Å². The number of aliphatic hydroxyl groups is 1. The van der Waals surface area contributed by atoms with Crippen molar-refractivity contribution in [3.05, 3.63) is 150 Å². The first kappa shape index (κ1) is 51.2.